The Hall–Kier alpha value is -6.88. The molecule has 0 radical (unpaired) electrons. The number of hydrogen-bond acceptors (Lipinski definition) is 17. The highest BCUT2D eigenvalue weighted by molar-refractivity contribution is 7.99. The molecule has 8 rings (SSSR count). The Labute approximate surface area is 426 Å². The number of aromatic nitrogens is 2. The lowest BCUT2D eigenvalue weighted by molar-refractivity contribution is -0.140. The molecule has 4 N–H and O–H groups in total. The number of thioether (sulfide) groups is 2. The number of amides is 2. The molecule has 4 aromatic carbocycles. The van der Waals surface area contributed by atoms with Crippen LogP contribution in [-0.2, 0) is 36.9 Å². The number of carboxylic acid groups (broad SMARTS) is 1. The van der Waals surface area contributed by atoms with Gasteiger partial charge in [0.2, 0.25) is 0 Å². The SMILES string of the molecule is CO.COC(=O)CCS.COC(=O)CCSC1c2c(c(O)c3ncccc3c2OC)C(=O)N1Cc1ccc(F)cc1.COc1c2c(c(O)c3ncccc13)C(=O)N(Cc1ccc(F)cc1)C2SCCC(=O)O. The van der Waals surface area contributed by atoms with Gasteiger partial charge in [-0.2, -0.15) is 12.6 Å². The number of hydrogen-bond donors (Lipinski definition) is 5. The first-order chi connectivity index (χ1) is 34.7. The number of esters is 2. The fraction of sp³-hybridized carbons (Fsp3) is 0.300. The lowest BCUT2D eigenvalue weighted by Crippen LogP contribution is -2.26. The third-order valence-electron chi connectivity index (χ3n) is 10.9. The number of thiol groups is 1. The van der Waals surface area contributed by atoms with Crippen LogP contribution in [0.3, 0.4) is 0 Å². The van der Waals surface area contributed by atoms with E-state index in [1.165, 1.54) is 93.5 Å². The van der Waals surface area contributed by atoms with Crippen LogP contribution in [0.2, 0.25) is 0 Å². The van der Waals surface area contributed by atoms with Crippen LogP contribution < -0.4 is 9.47 Å². The van der Waals surface area contributed by atoms with E-state index in [9.17, 15) is 43.0 Å². The molecule has 0 saturated heterocycles. The summed E-state index contributed by atoms with van der Waals surface area (Å²) in [5, 5.41) is 37.9. The second-order valence-electron chi connectivity index (χ2n) is 15.2. The van der Waals surface area contributed by atoms with E-state index >= 15 is 0 Å². The van der Waals surface area contributed by atoms with E-state index in [0.717, 1.165) is 12.7 Å². The first-order valence-electron chi connectivity index (χ1n) is 21.8. The maximum Gasteiger partial charge on any atom is 0.306 e. The molecule has 0 bridgehead atoms. The number of halogens is 2. The summed E-state index contributed by atoms with van der Waals surface area (Å²) in [6.07, 6.45) is 3.53. The number of phenols is 2. The summed E-state index contributed by atoms with van der Waals surface area (Å²) >= 11 is 6.46. The second kappa shape index (κ2) is 26.5. The van der Waals surface area contributed by atoms with Gasteiger partial charge in [0, 0.05) is 71.8 Å². The lowest BCUT2D eigenvalue weighted by Gasteiger charge is -2.25. The van der Waals surface area contributed by atoms with Gasteiger partial charge in [-0.1, -0.05) is 24.3 Å². The first kappa shape index (κ1) is 56.0. The molecule has 22 heteroatoms. The largest absolute Gasteiger partial charge is 0.505 e. The Morgan fingerprint density at radius 3 is 1.38 bits per heavy atom. The van der Waals surface area contributed by atoms with Crippen molar-refractivity contribution in [2.75, 3.05) is 52.8 Å². The second-order valence-corrected chi connectivity index (χ2v) is 18.0. The van der Waals surface area contributed by atoms with Crippen LogP contribution in [0.15, 0.2) is 85.2 Å². The highest BCUT2D eigenvalue weighted by atomic mass is 32.2. The minimum Gasteiger partial charge on any atom is -0.505 e. The molecule has 382 valence electrons. The van der Waals surface area contributed by atoms with E-state index in [4.69, 9.17) is 24.4 Å². The molecule has 17 nitrogen and oxygen atoms in total. The van der Waals surface area contributed by atoms with Gasteiger partial charge in [-0.05, 0) is 59.7 Å². The summed E-state index contributed by atoms with van der Waals surface area (Å²) in [6.45, 7) is 0.348. The number of nitrogens with zero attached hydrogens (tertiary/aromatic N) is 4. The number of fused-ring (bicyclic) bond motifs is 4. The van der Waals surface area contributed by atoms with Crippen molar-refractivity contribution < 1.29 is 72.1 Å². The molecule has 0 spiro atoms. The monoisotopic (exact) mass is 1050 g/mol. The summed E-state index contributed by atoms with van der Waals surface area (Å²) in [6, 6.07) is 18.6. The molecule has 72 heavy (non-hydrogen) atoms. The predicted molar refractivity (Wildman–Crippen MR) is 270 cm³/mol. The topological polar surface area (TPSA) is 235 Å². The Bertz CT molecular complexity index is 2900. The maximum atomic E-state index is 13.5. The van der Waals surface area contributed by atoms with E-state index in [1.54, 1.807) is 53.4 Å². The first-order valence-corrected chi connectivity index (χ1v) is 24.5. The van der Waals surface area contributed by atoms with Crippen LogP contribution in [0, 0.1) is 11.6 Å². The molecule has 2 unspecified atom stereocenters. The summed E-state index contributed by atoms with van der Waals surface area (Å²) in [5.74, 6) is -1.44. The van der Waals surface area contributed by atoms with Crippen LogP contribution in [0.1, 0.15) is 73.0 Å². The number of aliphatic hydroxyl groups is 1. The number of benzene rings is 4. The van der Waals surface area contributed by atoms with Gasteiger partial charge in [-0.3, -0.25) is 33.9 Å². The number of carbonyl (C=O) groups excluding carboxylic acids is 4. The van der Waals surface area contributed by atoms with Crippen molar-refractivity contribution in [2.45, 2.75) is 43.1 Å². The van der Waals surface area contributed by atoms with Crippen molar-refractivity contribution in [3.63, 3.8) is 0 Å². The lowest BCUT2D eigenvalue weighted by atomic mass is 10.0. The molecule has 0 fully saturated rings. The van der Waals surface area contributed by atoms with Gasteiger partial charge in [0.15, 0.2) is 11.5 Å². The number of rotatable bonds is 16. The van der Waals surface area contributed by atoms with Crippen LogP contribution in [0.5, 0.6) is 23.0 Å². The fourth-order valence-electron chi connectivity index (χ4n) is 7.76. The minimum atomic E-state index is -0.945. The Balaban J connectivity index is 0.000000229. The van der Waals surface area contributed by atoms with Gasteiger partial charge in [0.25, 0.3) is 11.8 Å². The van der Waals surface area contributed by atoms with Gasteiger partial charge < -0.3 is 49.2 Å². The van der Waals surface area contributed by atoms with E-state index in [0.29, 0.717) is 56.9 Å². The molecular weight excluding hydrogens is 999 g/mol. The van der Waals surface area contributed by atoms with Gasteiger partial charge in [-0.15, -0.1) is 23.5 Å². The molecule has 2 amide bonds. The van der Waals surface area contributed by atoms with Crippen molar-refractivity contribution >= 4 is 87.7 Å². The predicted octanol–water partition coefficient (Wildman–Crippen LogP) is 8.08. The number of methoxy groups -OCH3 is 4. The average molecular weight is 1050 g/mol. The number of phenolic OH excluding ortho intramolecular Hbond substituents is 2. The van der Waals surface area contributed by atoms with Crippen LogP contribution in [-0.4, -0.2) is 123 Å². The van der Waals surface area contributed by atoms with E-state index < -0.39 is 22.6 Å². The number of ether oxygens (including phenoxy) is 4. The third kappa shape index (κ3) is 12.8. The minimum absolute atomic E-state index is 0.0848. The number of carbonyl (C=O) groups is 5. The van der Waals surface area contributed by atoms with Gasteiger partial charge in [-0.25, -0.2) is 8.78 Å². The zero-order chi connectivity index (χ0) is 52.6. The molecule has 0 aliphatic carbocycles. The number of aliphatic hydroxyl groups excluding tert-OH is 1. The third-order valence-corrected chi connectivity index (χ3v) is 13.7. The van der Waals surface area contributed by atoms with Crippen LogP contribution >= 0.6 is 36.2 Å². The van der Waals surface area contributed by atoms with E-state index in [1.807, 2.05) is 0 Å². The number of aromatic hydroxyl groups is 2. The molecule has 2 atom stereocenters. The maximum absolute atomic E-state index is 13.5. The Morgan fingerprint density at radius 2 is 1.03 bits per heavy atom. The molecule has 4 heterocycles. The number of carboxylic acids is 1. The standard InChI is InChI=1S/C23H21FN2O5S.C22H19FN2O5S.C4H8O2S.CH4O/c1-30-16(27)9-11-32-23-18-17(20(28)19-15(21(18)31-2)4-3-10-25-19)22(29)26(23)12-13-5-7-14(24)8-6-13;1-30-20-14-3-2-9-24-18(14)19(28)16-17(20)22(31-10-8-15(26)27)25(21(16)29)11-12-4-6-13(23)7-5-12;1-6-4(5)2-3-7;1-2/h3-8,10,23,28H,9,11-12H2,1-2H3;2-7,9,22,28H,8,10-11H2,1H3,(H,26,27);7H,2-3H2,1H3;2H,1H3. The molecule has 0 saturated carbocycles. The summed E-state index contributed by atoms with van der Waals surface area (Å²) < 4.78 is 47.0. The average Bonchev–Trinajstić information content (AvgIpc) is 3.81. The van der Waals surface area contributed by atoms with Crippen molar-refractivity contribution in [1.82, 2.24) is 19.8 Å². The van der Waals surface area contributed by atoms with Crippen molar-refractivity contribution in [2.24, 2.45) is 0 Å². The fourth-order valence-corrected chi connectivity index (χ4v) is 10.4. The summed E-state index contributed by atoms with van der Waals surface area (Å²) in [7, 11) is 6.67. The highest BCUT2D eigenvalue weighted by Gasteiger charge is 2.45. The van der Waals surface area contributed by atoms with E-state index in [2.05, 4.69) is 27.3 Å². The van der Waals surface area contributed by atoms with Crippen LogP contribution in [0.4, 0.5) is 8.78 Å². The van der Waals surface area contributed by atoms with Gasteiger partial charge in [0.1, 0.15) is 44.9 Å². The number of pyridine rings is 2. The zero-order valence-corrected chi connectivity index (χ0v) is 42.2. The summed E-state index contributed by atoms with van der Waals surface area (Å²) in [4.78, 5) is 71.2. The Morgan fingerprint density at radius 1 is 0.639 bits per heavy atom. The Kier molecular flexibility index (Phi) is 20.7. The molecule has 2 aliphatic heterocycles. The number of aliphatic carboxylic acids is 1. The smallest absolute Gasteiger partial charge is 0.306 e. The van der Waals surface area contributed by atoms with Crippen molar-refractivity contribution in [3.05, 3.63) is 130 Å². The normalized spacial score (nSPS) is 14.2. The zero-order valence-electron chi connectivity index (χ0n) is 39.7. The van der Waals surface area contributed by atoms with Crippen LogP contribution in [0.25, 0.3) is 21.8 Å². The van der Waals surface area contributed by atoms with Crippen molar-refractivity contribution in [1.29, 1.82) is 0 Å². The molecule has 2 aromatic heterocycles. The van der Waals surface area contributed by atoms with Crippen molar-refractivity contribution in [3.8, 4) is 23.0 Å². The quantitative estimate of drug-likeness (QED) is 0.0455. The molecular formula is C50H52F2N4O13S3. The summed E-state index contributed by atoms with van der Waals surface area (Å²) in [5.41, 5.74) is 3.21. The molecule has 2 aliphatic rings. The van der Waals surface area contributed by atoms with E-state index in [-0.39, 0.29) is 94.8 Å². The molecule has 6 aromatic rings. The van der Waals surface area contributed by atoms with Gasteiger partial charge in [0.05, 0.1) is 58.8 Å². The van der Waals surface area contributed by atoms with Gasteiger partial charge >= 0.3 is 17.9 Å². The highest BCUT2D eigenvalue weighted by Crippen LogP contribution is 2.54.